The summed E-state index contributed by atoms with van der Waals surface area (Å²) in [6, 6.07) is 10.0. The summed E-state index contributed by atoms with van der Waals surface area (Å²) >= 11 is 0. The lowest BCUT2D eigenvalue weighted by Crippen LogP contribution is -2.31. The molecule has 0 bridgehead atoms. The van der Waals surface area contributed by atoms with Crippen molar-refractivity contribution in [2.75, 3.05) is 19.5 Å². The largest absolute Gasteiger partial charge is 0.508 e. The molecule has 1 aromatic carbocycles. The van der Waals surface area contributed by atoms with Gasteiger partial charge in [-0.2, -0.15) is 0 Å². The molecule has 0 aliphatic carbocycles. The second kappa shape index (κ2) is 6.60. The van der Waals surface area contributed by atoms with Gasteiger partial charge in [-0.3, -0.25) is 0 Å². The van der Waals surface area contributed by atoms with Crippen LogP contribution >= 0.6 is 0 Å². The van der Waals surface area contributed by atoms with Gasteiger partial charge in [0.1, 0.15) is 11.4 Å². The van der Waals surface area contributed by atoms with Gasteiger partial charge in [-0.25, -0.2) is 9.78 Å². The summed E-state index contributed by atoms with van der Waals surface area (Å²) in [4.78, 5) is 17.6. The molecule has 2 amide bonds. The zero-order chi connectivity index (χ0) is 15.2. The minimum Gasteiger partial charge on any atom is -0.508 e. The van der Waals surface area contributed by atoms with E-state index in [-0.39, 0.29) is 11.8 Å². The van der Waals surface area contributed by atoms with E-state index in [9.17, 15) is 9.90 Å². The maximum atomic E-state index is 12.1. The fourth-order valence-electron chi connectivity index (χ4n) is 1.83. The Morgan fingerprint density at radius 2 is 2.10 bits per heavy atom. The maximum Gasteiger partial charge on any atom is 0.322 e. The first-order chi connectivity index (χ1) is 10.1. The van der Waals surface area contributed by atoms with Gasteiger partial charge in [-0.05, 0) is 18.2 Å². The van der Waals surface area contributed by atoms with Crippen LogP contribution in [0, 0.1) is 0 Å². The number of benzene rings is 1. The van der Waals surface area contributed by atoms with Gasteiger partial charge < -0.3 is 20.1 Å². The van der Waals surface area contributed by atoms with E-state index in [1.807, 2.05) is 6.07 Å². The van der Waals surface area contributed by atoms with E-state index < -0.39 is 0 Å². The maximum absolute atomic E-state index is 12.1. The van der Waals surface area contributed by atoms with E-state index in [0.717, 1.165) is 0 Å². The molecule has 0 radical (unpaired) electrons. The van der Waals surface area contributed by atoms with Crippen LogP contribution in [0.15, 0.2) is 42.6 Å². The minimum atomic E-state index is -0.315. The number of para-hydroxylation sites is 1. The van der Waals surface area contributed by atoms with Gasteiger partial charge in [0.05, 0.1) is 13.7 Å². The number of amides is 2. The van der Waals surface area contributed by atoms with E-state index in [4.69, 9.17) is 4.74 Å². The van der Waals surface area contributed by atoms with Crippen LogP contribution in [0.25, 0.3) is 0 Å². The highest BCUT2D eigenvalue weighted by Crippen LogP contribution is 2.21. The number of urea groups is 1. The number of aromatic hydroxyl groups is 1. The van der Waals surface area contributed by atoms with Crippen LogP contribution in [-0.4, -0.2) is 35.2 Å². The number of methoxy groups -OCH3 is 1. The number of nitrogens with zero attached hydrogens (tertiary/aromatic N) is 2. The normalized spacial score (nSPS) is 10.0. The molecule has 0 aliphatic heterocycles. The van der Waals surface area contributed by atoms with Crippen molar-refractivity contribution in [1.29, 1.82) is 0 Å². The standard InChI is InChI=1S/C15H17N3O3/c1-18(10-11-6-3-4-8-13(11)19)15(20)17-12-7-5-9-16-14(12)21-2/h3-9,19H,10H2,1-2H3,(H,17,20). The van der Waals surface area contributed by atoms with Crippen molar-refractivity contribution in [3.63, 3.8) is 0 Å². The highest BCUT2D eigenvalue weighted by Gasteiger charge is 2.13. The predicted octanol–water partition coefficient (Wildman–Crippen LogP) is 2.46. The van der Waals surface area contributed by atoms with Crippen LogP contribution in [0.3, 0.4) is 0 Å². The number of hydrogen-bond donors (Lipinski definition) is 2. The lowest BCUT2D eigenvalue weighted by atomic mass is 10.2. The average molecular weight is 287 g/mol. The van der Waals surface area contributed by atoms with Gasteiger partial charge in [-0.15, -0.1) is 0 Å². The zero-order valence-corrected chi connectivity index (χ0v) is 11.9. The van der Waals surface area contributed by atoms with Gasteiger partial charge in [0.15, 0.2) is 0 Å². The van der Waals surface area contributed by atoms with Crippen molar-refractivity contribution >= 4 is 11.7 Å². The summed E-state index contributed by atoms with van der Waals surface area (Å²) < 4.78 is 5.08. The number of nitrogens with one attached hydrogen (secondary N) is 1. The minimum absolute atomic E-state index is 0.163. The van der Waals surface area contributed by atoms with E-state index in [2.05, 4.69) is 10.3 Å². The molecule has 0 saturated heterocycles. The van der Waals surface area contributed by atoms with Gasteiger partial charge in [0.2, 0.25) is 5.88 Å². The van der Waals surface area contributed by atoms with E-state index in [1.165, 1.54) is 12.0 Å². The molecule has 0 atom stereocenters. The molecule has 1 aromatic heterocycles. The number of phenolic OH excluding ortho intramolecular Hbond substituents is 1. The van der Waals surface area contributed by atoms with Crippen LogP contribution in [0.5, 0.6) is 11.6 Å². The third-order valence-electron chi connectivity index (χ3n) is 2.95. The van der Waals surface area contributed by atoms with Crippen molar-refractivity contribution < 1.29 is 14.6 Å². The number of anilines is 1. The van der Waals surface area contributed by atoms with Crippen molar-refractivity contribution in [3.8, 4) is 11.6 Å². The molecule has 6 heteroatoms. The summed E-state index contributed by atoms with van der Waals surface area (Å²) in [5.74, 6) is 0.512. The summed E-state index contributed by atoms with van der Waals surface area (Å²) in [5, 5.41) is 12.4. The Bertz CT molecular complexity index is 631. The van der Waals surface area contributed by atoms with Gasteiger partial charge in [-0.1, -0.05) is 18.2 Å². The van der Waals surface area contributed by atoms with Crippen molar-refractivity contribution in [2.45, 2.75) is 6.54 Å². The molecule has 0 spiro atoms. The topological polar surface area (TPSA) is 74.7 Å². The highest BCUT2D eigenvalue weighted by atomic mass is 16.5. The molecular formula is C15H17N3O3. The average Bonchev–Trinajstić information content (AvgIpc) is 2.50. The molecule has 1 heterocycles. The van der Waals surface area contributed by atoms with Gasteiger partial charge in [0, 0.05) is 18.8 Å². The quantitative estimate of drug-likeness (QED) is 0.905. The first-order valence-electron chi connectivity index (χ1n) is 6.40. The number of phenols is 1. The Balaban J connectivity index is 2.05. The molecule has 6 nitrogen and oxygen atoms in total. The van der Waals surface area contributed by atoms with Crippen LogP contribution in [0.1, 0.15) is 5.56 Å². The molecule has 0 aliphatic rings. The molecule has 110 valence electrons. The number of rotatable bonds is 4. The Hall–Kier alpha value is -2.76. The van der Waals surface area contributed by atoms with Crippen molar-refractivity contribution in [3.05, 3.63) is 48.2 Å². The molecule has 0 unspecified atom stereocenters. The number of ether oxygens (including phenoxy) is 1. The number of carbonyl (C=O) groups is 1. The van der Waals surface area contributed by atoms with Crippen LogP contribution in [0.4, 0.5) is 10.5 Å². The summed E-state index contributed by atoms with van der Waals surface area (Å²) in [5.41, 5.74) is 1.17. The van der Waals surface area contributed by atoms with E-state index in [0.29, 0.717) is 23.7 Å². The Labute approximate surface area is 123 Å². The summed E-state index contributed by atoms with van der Waals surface area (Å²) in [7, 11) is 3.13. The zero-order valence-electron chi connectivity index (χ0n) is 11.9. The fourth-order valence-corrected chi connectivity index (χ4v) is 1.83. The third-order valence-corrected chi connectivity index (χ3v) is 2.95. The number of pyridine rings is 1. The first kappa shape index (κ1) is 14.6. The van der Waals surface area contributed by atoms with Crippen LogP contribution in [0.2, 0.25) is 0 Å². The lowest BCUT2D eigenvalue weighted by Gasteiger charge is -2.19. The molecule has 21 heavy (non-hydrogen) atoms. The van der Waals surface area contributed by atoms with E-state index >= 15 is 0 Å². The van der Waals surface area contributed by atoms with Gasteiger partial charge >= 0.3 is 6.03 Å². The van der Waals surface area contributed by atoms with Crippen LogP contribution in [-0.2, 0) is 6.54 Å². The monoisotopic (exact) mass is 287 g/mol. The first-order valence-corrected chi connectivity index (χ1v) is 6.40. The molecule has 0 fully saturated rings. The fraction of sp³-hybridized carbons (Fsp3) is 0.200. The second-order valence-electron chi connectivity index (χ2n) is 4.48. The smallest absolute Gasteiger partial charge is 0.322 e. The number of hydrogen-bond acceptors (Lipinski definition) is 4. The molecule has 0 saturated carbocycles. The molecule has 2 rings (SSSR count). The van der Waals surface area contributed by atoms with Crippen molar-refractivity contribution in [2.24, 2.45) is 0 Å². The SMILES string of the molecule is COc1ncccc1NC(=O)N(C)Cc1ccccc1O. The summed E-state index contributed by atoms with van der Waals surface area (Å²) in [6.07, 6.45) is 1.58. The molecular weight excluding hydrogens is 270 g/mol. The molecule has 2 aromatic rings. The van der Waals surface area contributed by atoms with Crippen LogP contribution < -0.4 is 10.1 Å². The predicted molar refractivity (Wildman–Crippen MR) is 79.4 cm³/mol. The summed E-state index contributed by atoms with van der Waals surface area (Å²) in [6.45, 7) is 0.293. The van der Waals surface area contributed by atoms with Crippen molar-refractivity contribution in [1.82, 2.24) is 9.88 Å². The second-order valence-corrected chi connectivity index (χ2v) is 4.48. The third kappa shape index (κ3) is 3.62. The Morgan fingerprint density at radius 3 is 2.81 bits per heavy atom. The lowest BCUT2D eigenvalue weighted by molar-refractivity contribution is 0.220. The Kier molecular flexibility index (Phi) is 4.61. The number of aromatic nitrogens is 1. The molecule has 2 N–H and O–H groups in total. The Morgan fingerprint density at radius 1 is 1.33 bits per heavy atom. The number of carbonyl (C=O) groups excluding carboxylic acids is 1. The van der Waals surface area contributed by atoms with Gasteiger partial charge in [0.25, 0.3) is 0 Å². The highest BCUT2D eigenvalue weighted by molar-refractivity contribution is 5.90. The van der Waals surface area contributed by atoms with E-state index in [1.54, 1.807) is 43.6 Å².